The molecule has 0 fully saturated rings. The zero-order valence-corrected chi connectivity index (χ0v) is 10.7. The molecule has 0 atom stereocenters. The molecule has 0 saturated carbocycles. The van der Waals surface area contributed by atoms with Gasteiger partial charge in [0.25, 0.3) is 0 Å². The lowest BCUT2D eigenvalue weighted by molar-refractivity contribution is 0.296. The van der Waals surface area contributed by atoms with Gasteiger partial charge < -0.3 is 0 Å². The molecule has 0 bridgehead atoms. The van der Waals surface area contributed by atoms with E-state index >= 15 is 0 Å². The maximum Gasteiger partial charge on any atom is 0.138 e. The topological polar surface area (TPSA) is 30.7 Å². The van der Waals surface area contributed by atoms with Crippen molar-refractivity contribution in [2.24, 2.45) is 12.5 Å². The van der Waals surface area contributed by atoms with Gasteiger partial charge in [0, 0.05) is 18.8 Å². The van der Waals surface area contributed by atoms with Gasteiger partial charge in [0.05, 0.1) is 0 Å². The van der Waals surface area contributed by atoms with Gasteiger partial charge in [0.2, 0.25) is 0 Å². The van der Waals surface area contributed by atoms with Crippen LogP contribution in [0, 0.1) is 5.41 Å². The van der Waals surface area contributed by atoms with E-state index in [4.69, 9.17) is 0 Å². The van der Waals surface area contributed by atoms with E-state index in [-0.39, 0.29) is 0 Å². The van der Waals surface area contributed by atoms with Crippen LogP contribution in [0.2, 0.25) is 0 Å². The second kappa shape index (κ2) is 4.91. The molecule has 1 heterocycles. The third-order valence-electron chi connectivity index (χ3n) is 3.12. The predicted octanol–water partition coefficient (Wildman–Crippen LogP) is 2.56. The van der Waals surface area contributed by atoms with E-state index in [0.717, 1.165) is 17.6 Å². The molecule has 0 aromatic carbocycles. The van der Waals surface area contributed by atoms with Crippen molar-refractivity contribution < 1.29 is 0 Å². The molecule has 0 unspecified atom stereocenters. The molecule has 0 spiro atoms. The van der Waals surface area contributed by atoms with Crippen molar-refractivity contribution in [2.75, 3.05) is 5.33 Å². The third-order valence-corrected chi connectivity index (χ3v) is 4.31. The standard InChI is InChI=1S/C10H18BrN3/c1-4-10(5-2,7-11)6-9-12-8-13-14(9)3/h8H,4-7H2,1-3H3. The monoisotopic (exact) mass is 259 g/mol. The molecule has 1 aromatic heterocycles. The fraction of sp³-hybridized carbons (Fsp3) is 0.800. The highest BCUT2D eigenvalue weighted by Crippen LogP contribution is 2.32. The highest BCUT2D eigenvalue weighted by atomic mass is 79.9. The lowest BCUT2D eigenvalue weighted by Crippen LogP contribution is -2.25. The Labute approximate surface area is 94.0 Å². The van der Waals surface area contributed by atoms with Gasteiger partial charge in [-0.3, -0.25) is 4.68 Å². The molecule has 14 heavy (non-hydrogen) atoms. The predicted molar refractivity (Wildman–Crippen MR) is 61.5 cm³/mol. The molecule has 0 N–H and O–H groups in total. The van der Waals surface area contributed by atoms with Crippen LogP contribution in [-0.4, -0.2) is 20.1 Å². The SMILES string of the molecule is CCC(CC)(CBr)Cc1ncnn1C. The summed E-state index contributed by atoms with van der Waals surface area (Å²) in [5.74, 6) is 1.08. The van der Waals surface area contributed by atoms with Crippen LogP contribution in [0.5, 0.6) is 0 Å². The van der Waals surface area contributed by atoms with Crippen molar-refractivity contribution in [3.05, 3.63) is 12.2 Å². The van der Waals surface area contributed by atoms with Crippen LogP contribution in [0.4, 0.5) is 0 Å². The van der Waals surface area contributed by atoms with Gasteiger partial charge in [-0.2, -0.15) is 5.10 Å². The number of aromatic nitrogens is 3. The maximum absolute atomic E-state index is 4.28. The first kappa shape index (κ1) is 11.7. The number of alkyl halides is 1. The van der Waals surface area contributed by atoms with Crippen LogP contribution < -0.4 is 0 Å². The molecular formula is C10H18BrN3. The molecule has 0 aliphatic carbocycles. The Hall–Kier alpha value is -0.380. The Morgan fingerprint density at radius 3 is 2.43 bits per heavy atom. The van der Waals surface area contributed by atoms with E-state index in [1.165, 1.54) is 12.8 Å². The van der Waals surface area contributed by atoms with Gasteiger partial charge in [-0.25, -0.2) is 4.98 Å². The second-order valence-electron chi connectivity index (χ2n) is 3.82. The van der Waals surface area contributed by atoms with Crippen LogP contribution in [0.1, 0.15) is 32.5 Å². The summed E-state index contributed by atoms with van der Waals surface area (Å²) in [6.07, 6.45) is 4.96. The molecule has 0 aliphatic heterocycles. The number of aryl methyl sites for hydroxylation is 1. The zero-order chi connectivity index (χ0) is 10.6. The van der Waals surface area contributed by atoms with E-state index in [1.807, 2.05) is 11.7 Å². The molecule has 1 aromatic rings. The lowest BCUT2D eigenvalue weighted by Gasteiger charge is -2.28. The van der Waals surface area contributed by atoms with Crippen molar-refractivity contribution in [3.8, 4) is 0 Å². The summed E-state index contributed by atoms with van der Waals surface area (Å²) >= 11 is 3.61. The van der Waals surface area contributed by atoms with E-state index < -0.39 is 0 Å². The minimum Gasteiger partial charge on any atom is -0.253 e. The van der Waals surface area contributed by atoms with Crippen molar-refractivity contribution in [2.45, 2.75) is 33.1 Å². The molecule has 80 valence electrons. The number of halogens is 1. The van der Waals surface area contributed by atoms with Crippen LogP contribution in [0.3, 0.4) is 0 Å². The van der Waals surface area contributed by atoms with Crippen molar-refractivity contribution in [1.82, 2.24) is 14.8 Å². The first-order valence-corrected chi connectivity index (χ1v) is 6.18. The zero-order valence-electron chi connectivity index (χ0n) is 9.13. The number of nitrogens with zero attached hydrogens (tertiary/aromatic N) is 3. The molecule has 3 nitrogen and oxygen atoms in total. The van der Waals surface area contributed by atoms with Crippen LogP contribution >= 0.6 is 15.9 Å². The average molecular weight is 260 g/mol. The van der Waals surface area contributed by atoms with E-state index in [1.54, 1.807) is 6.33 Å². The van der Waals surface area contributed by atoms with Gasteiger partial charge >= 0.3 is 0 Å². The summed E-state index contributed by atoms with van der Waals surface area (Å²) in [5, 5.41) is 5.12. The fourth-order valence-corrected chi connectivity index (χ4v) is 2.54. The van der Waals surface area contributed by atoms with Gasteiger partial charge in [-0.15, -0.1) is 0 Å². The highest BCUT2D eigenvalue weighted by Gasteiger charge is 2.26. The Balaban J connectivity index is 2.79. The lowest BCUT2D eigenvalue weighted by atomic mass is 9.81. The van der Waals surface area contributed by atoms with Gasteiger partial charge in [-0.05, 0) is 18.3 Å². The number of rotatable bonds is 5. The Kier molecular flexibility index (Phi) is 4.11. The van der Waals surface area contributed by atoms with Crippen molar-refractivity contribution in [3.63, 3.8) is 0 Å². The normalized spacial score (nSPS) is 12.0. The smallest absolute Gasteiger partial charge is 0.138 e. The quantitative estimate of drug-likeness (QED) is 0.762. The summed E-state index contributed by atoms with van der Waals surface area (Å²) in [5.41, 5.74) is 0.334. The average Bonchev–Trinajstić information content (AvgIpc) is 2.61. The number of hydrogen-bond acceptors (Lipinski definition) is 2. The number of hydrogen-bond donors (Lipinski definition) is 0. The Morgan fingerprint density at radius 1 is 1.43 bits per heavy atom. The first-order valence-electron chi connectivity index (χ1n) is 5.06. The van der Waals surface area contributed by atoms with Crippen LogP contribution in [0.15, 0.2) is 6.33 Å². The largest absolute Gasteiger partial charge is 0.253 e. The third kappa shape index (κ3) is 2.35. The fourth-order valence-electron chi connectivity index (χ4n) is 1.55. The van der Waals surface area contributed by atoms with Crippen molar-refractivity contribution in [1.29, 1.82) is 0 Å². The van der Waals surface area contributed by atoms with E-state index in [2.05, 4.69) is 39.9 Å². The molecule has 0 saturated heterocycles. The van der Waals surface area contributed by atoms with Crippen molar-refractivity contribution >= 4 is 15.9 Å². The summed E-state index contributed by atoms with van der Waals surface area (Å²) in [6.45, 7) is 4.47. The maximum atomic E-state index is 4.28. The summed E-state index contributed by atoms with van der Waals surface area (Å²) < 4.78 is 1.86. The summed E-state index contributed by atoms with van der Waals surface area (Å²) in [7, 11) is 1.95. The molecule has 0 aliphatic rings. The second-order valence-corrected chi connectivity index (χ2v) is 4.38. The molecule has 1 rings (SSSR count). The van der Waals surface area contributed by atoms with E-state index in [0.29, 0.717) is 5.41 Å². The summed E-state index contributed by atoms with van der Waals surface area (Å²) in [4.78, 5) is 4.28. The Morgan fingerprint density at radius 2 is 2.07 bits per heavy atom. The molecule has 0 amide bonds. The van der Waals surface area contributed by atoms with Gasteiger partial charge in [-0.1, -0.05) is 29.8 Å². The van der Waals surface area contributed by atoms with Crippen LogP contribution in [0.25, 0.3) is 0 Å². The minimum atomic E-state index is 0.334. The molecule has 0 radical (unpaired) electrons. The van der Waals surface area contributed by atoms with Gasteiger partial charge in [0.1, 0.15) is 12.2 Å². The van der Waals surface area contributed by atoms with Crippen LogP contribution in [-0.2, 0) is 13.5 Å². The Bertz CT molecular complexity index is 270. The van der Waals surface area contributed by atoms with Gasteiger partial charge in [0.15, 0.2) is 0 Å². The first-order chi connectivity index (χ1) is 6.67. The van der Waals surface area contributed by atoms with E-state index in [9.17, 15) is 0 Å². The minimum absolute atomic E-state index is 0.334. The molecular weight excluding hydrogens is 242 g/mol. The highest BCUT2D eigenvalue weighted by molar-refractivity contribution is 9.09. The molecule has 4 heteroatoms. The summed E-state index contributed by atoms with van der Waals surface area (Å²) in [6, 6.07) is 0.